The van der Waals surface area contributed by atoms with Crippen molar-refractivity contribution >= 4 is 23.2 Å². The lowest BCUT2D eigenvalue weighted by molar-refractivity contribution is -0.118. The second-order valence-electron chi connectivity index (χ2n) is 7.03. The van der Waals surface area contributed by atoms with Crippen LogP contribution in [0, 0.1) is 0 Å². The zero-order valence-corrected chi connectivity index (χ0v) is 16.1. The summed E-state index contributed by atoms with van der Waals surface area (Å²) in [5.74, 6) is 0.193. The van der Waals surface area contributed by atoms with E-state index < -0.39 is 0 Å². The smallest absolute Gasteiger partial charge is 0.227 e. The van der Waals surface area contributed by atoms with E-state index in [4.69, 9.17) is 11.6 Å². The number of amides is 1. The molecule has 0 fully saturated rings. The van der Waals surface area contributed by atoms with E-state index in [2.05, 4.69) is 30.0 Å². The summed E-state index contributed by atoms with van der Waals surface area (Å²) in [4.78, 5) is 18.4. The van der Waals surface area contributed by atoms with Crippen molar-refractivity contribution in [2.75, 3.05) is 4.90 Å². The molecule has 0 aliphatic carbocycles. The summed E-state index contributed by atoms with van der Waals surface area (Å²) < 4.78 is 1.80. The lowest BCUT2D eigenvalue weighted by Gasteiger charge is -2.27. The molecule has 0 atom stereocenters. The van der Waals surface area contributed by atoms with Gasteiger partial charge in [-0.1, -0.05) is 11.6 Å². The number of pyridine rings is 1. The number of carbonyl (C=O) groups is 1. The van der Waals surface area contributed by atoms with Crippen LogP contribution in [0.25, 0.3) is 16.9 Å². The standard InChI is InChI=1S/C21H21ClN4O/c1-14(2)26-19-7-6-17(12-16(19)4-3-5-20(26)27)25-13-18(22)21(24-25)15-8-10-23-11-9-15/h6-14H,3-5H2,1-2H3. The Morgan fingerprint density at radius 1 is 1.11 bits per heavy atom. The van der Waals surface area contributed by atoms with Crippen LogP contribution in [-0.4, -0.2) is 26.7 Å². The maximum absolute atomic E-state index is 12.5. The Labute approximate surface area is 163 Å². The summed E-state index contributed by atoms with van der Waals surface area (Å²) in [6.07, 6.45) is 7.60. The van der Waals surface area contributed by atoms with Gasteiger partial charge >= 0.3 is 0 Å². The van der Waals surface area contributed by atoms with Gasteiger partial charge in [0.05, 0.1) is 16.9 Å². The number of benzene rings is 1. The van der Waals surface area contributed by atoms with Gasteiger partial charge in [-0.15, -0.1) is 0 Å². The number of halogens is 1. The quantitative estimate of drug-likeness (QED) is 0.663. The first-order valence-corrected chi connectivity index (χ1v) is 9.53. The Morgan fingerprint density at radius 3 is 2.63 bits per heavy atom. The minimum atomic E-state index is 0.137. The Balaban J connectivity index is 1.75. The highest BCUT2D eigenvalue weighted by molar-refractivity contribution is 6.33. The molecule has 138 valence electrons. The van der Waals surface area contributed by atoms with Gasteiger partial charge in [-0.3, -0.25) is 9.78 Å². The number of hydrogen-bond acceptors (Lipinski definition) is 3. The normalized spacial score (nSPS) is 14.4. The molecule has 0 N–H and O–H groups in total. The number of carbonyl (C=O) groups excluding carboxylic acids is 1. The molecular formula is C21H21ClN4O. The number of nitrogens with zero attached hydrogens (tertiary/aromatic N) is 4. The third kappa shape index (κ3) is 3.35. The van der Waals surface area contributed by atoms with Gasteiger partial charge in [-0.25, -0.2) is 4.68 Å². The van der Waals surface area contributed by atoms with Crippen LogP contribution in [0.1, 0.15) is 32.3 Å². The SMILES string of the molecule is CC(C)N1C(=O)CCCc2cc(-n3cc(Cl)c(-c4ccncc4)n3)ccc21. The first-order chi connectivity index (χ1) is 13.0. The average Bonchev–Trinajstić information content (AvgIpc) is 2.96. The van der Waals surface area contributed by atoms with E-state index in [1.807, 2.05) is 35.4 Å². The van der Waals surface area contributed by atoms with Crippen LogP contribution < -0.4 is 4.90 Å². The Morgan fingerprint density at radius 2 is 1.89 bits per heavy atom. The van der Waals surface area contributed by atoms with Gasteiger partial charge in [0.25, 0.3) is 0 Å². The average molecular weight is 381 g/mol. The summed E-state index contributed by atoms with van der Waals surface area (Å²) in [5.41, 5.74) is 4.77. The van der Waals surface area contributed by atoms with Gasteiger partial charge in [-0.05, 0) is 62.6 Å². The first-order valence-electron chi connectivity index (χ1n) is 9.15. The third-order valence-electron chi connectivity index (χ3n) is 4.83. The topological polar surface area (TPSA) is 51.0 Å². The van der Waals surface area contributed by atoms with Crippen molar-refractivity contribution in [3.63, 3.8) is 0 Å². The molecule has 6 heteroatoms. The highest BCUT2D eigenvalue weighted by Gasteiger charge is 2.24. The van der Waals surface area contributed by atoms with E-state index in [0.29, 0.717) is 11.4 Å². The molecule has 3 aromatic rings. The van der Waals surface area contributed by atoms with Crippen molar-refractivity contribution < 1.29 is 4.79 Å². The molecule has 0 spiro atoms. The molecule has 1 aliphatic heterocycles. The predicted octanol–water partition coefficient (Wildman–Crippen LogP) is 4.67. The van der Waals surface area contributed by atoms with Crippen LogP contribution >= 0.6 is 11.6 Å². The lowest BCUT2D eigenvalue weighted by Crippen LogP contribution is -2.36. The van der Waals surface area contributed by atoms with E-state index in [0.717, 1.165) is 35.5 Å². The molecule has 2 aromatic heterocycles. The minimum Gasteiger partial charge on any atom is -0.310 e. The van der Waals surface area contributed by atoms with Crippen LogP contribution in [-0.2, 0) is 11.2 Å². The van der Waals surface area contributed by atoms with Crippen LogP contribution in [0.15, 0.2) is 48.9 Å². The maximum Gasteiger partial charge on any atom is 0.227 e. The van der Waals surface area contributed by atoms with Gasteiger partial charge in [0.1, 0.15) is 5.69 Å². The van der Waals surface area contributed by atoms with Gasteiger partial charge in [-0.2, -0.15) is 5.10 Å². The molecular weight excluding hydrogens is 360 g/mol. The number of hydrogen-bond donors (Lipinski definition) is 0. The van der Waals surface area contributed by atoms with Crippen molar-refractivity contribution in [1.82, 2.24) is 14.8 Å². The Bertz CT molecular complexity index is 981. The Kier molecular flexibility index (Phi) is 4.70. The monoisotopic (exact) mass is 380 g/mol. The summed E-state index contributed by atoms with van der Waals surface area (Å²) >= 11 is 6.43. The lowest BCUT2D eigenvalue weighted by atomic mass is 10.1. The van der Waals surface area contributed by atoms with E-state index in [1.165, 1.54) is 5.56 Å². The maximum atomic E-state index is 12.5. The molecule has 27 heavy (non-hydrogen) atoms. The number of anilines is 1. The van der Waals surface area contributed by atoms with Gasteiger partial charge < -0.3 is 4.90 Å². The largest absolute Gasteiger partial charge is 0.310 e. The fraction of sp³-hybridized carbons (Fsp3) is 0.286. The summed E-state index contributed by atoms with van der Waals surface area (Å²) in [5, 5.41) is 5.26. The summed E-state index contributed by atoms with van der Waals surface area (Å²) in [6, 6.07) is 10.0. The number of fused-ring (bicyclic) bond motifs is 1. The molecule has 0 bridgehead atoms. The van der Waals surface area contributed by atoms with E-state index >= 15 is 0 Å². The van der Waals surface area contributed by atoms with Gasteiger partial charge in [0, 0.05) is 36.1 Å². The first kappa shape index (κ1) is 17.7. The molecule has 1 aliphatic rings. The highest BCUT2D eigenvalue weighted by atomic mass is 35.5. The van der Waals surface area contributed by atoms with Crippen LogP contribution in [0.3, 0.4) is 0 Å². The van der Waals surface area contributed by atoms with Crippen molar-refractivity contribution in [2.45, 2.75) is 39.2 Å². The van der Waals surface area contributed by atoms with Crippen LogP contribution in [0.2, 0.25) is 5.02 Å². The fourth-order valence-corrected chi connectivity index (χ4v) is 3.83. The van der Waals surface area contributed by atoms with Gasteiger partial charge in [0.15, 0.2) is 0 Å². The Hall–Kier alpha value is -2.66. The van der Waals surface area contributed by atoms with Crippen LogP contribution in [0.5, 0.6) is 0 Å². The molecule has 0 saturated heterocycles. The van der Waals surface area contributed by atoms with Crippen LogP contribution in [0.4, 0.5) is 5.69 Å². The molecule has 1 aromatic carbocycles. The van der Waals surface area contributed by atoms with Crippen molar-refractivity contribution in [3.8, 4) is 16.9 Å². The predicted molar refractivity (Wildman–Crippen MR) is 107 cm³/mol. The highest BCUT2D eigenvalue weighted by Crippen LogP contribution is 2.32. The zero-order chi connectivity index (χ0) is 19.0. The number of aryl methyl sites for hydroxylation is 1. The minimum absolute atomic E-state index is 0.137. The molecule has 3 heterocycles. The second kappa shape index (κ2) is 7.16. The van der Waals surface area contributed by atoms with E-state index in [1.54, 1.807) is 17.1 Å². The molecule has 0 saturated carbocycles. The third-order valence-corrected chi connectivity index (χ3v) is 5.11. The van der Waals surface area contributed by atoms with E-state index in [-0.39, 0.29) is 11.9 Å². The molecule has 4 rings (SSSR count). The van der Waals surface area contributed by atoms with Crippen molar-refractivity contribution in [2.24, 2.45) is 0 Å². The second-order valence-corrected chi connectivity index (χ2v) is 7.44. The summed E-state index contributed by atoms with van der Waals surface area (Å²) in [7, 11) is 0. The van der Waals surface area contributed by atoms with E-state index in [9.17, 15) is 4.79 Å². The van der Waals surface area contributed by atoms with Gasteiger partial charge in [0.2, 0.25) is 5.91 Å². The molecule has 0 unspecified atom stereocenters. The fourth-order valence-electron chi connectivity index (χ4n) is 3.59. The van der Waals surface area contributed by atoms with Crippen molar-refractivity contribution in [1.29, 1.82) is 0 Å². The zero-order valence-electron chi connectivity index (χ0n) is 15.4. The molecule has 5 nitrogen and oxygen atoms in total. The number of rotatable bonds is 3. The summed E-state index contributed by atoms with van der Waals surface area (Å²) in [6.45, 7) is 4.10. The van der Waals surface area contributed by atoms with Crippen molar-refractivity contribution in [3.05, 3.63) is 59.5 Å². The molecule has 1 amide bonds. The molecule has 0 radical (unpaired) electrons. The number of aromatic nitrogens is 3.